The van der Waals surface area contributed by atoms with Crippen LogP contribution in [0.4, 0.5) is 0 Å². The quantitative estimate of drug-likeness (QED) is 0.687. The van der Waals surface area contributed by atoms with Gasteiger partial charge in [0.1, 0.15) is 24.7 Å². The molecule has 6 heteroatoms. The number of fused-ring (bicyclic) bond motifs is 1. The molecule has 1 aromatic heterocycles. The number of imidazole rings is 1. The van der Waals surface area contributed by atoms with Gasteiger partial charge in [0, 0.05) is 13.1 Å². The van der Waals surface area contributed by atoms with Crippen molar-refractivity contribution in [1.29, 1.82) is 0 Å². The number of carbonyl (C=O) groups excluding carboxylic acids is 1. The second-order valence-electron chi connectivity index (χ2n) is 7.26. The van der Waals surface area contributed by atoms with Gasteiger partial charge in [-0.2, -0.15) is 0 Å². The molecule has 1 N–H and O–H groups in total. The molecule has 3 aromatic rings. The van der Waals surface area contributed by atoms with E-state index in [0.29, 0.717) is 19.1 Å². The predicted molar refractivity (Wildman–Crippen MR) is 109 cm³/mol. The van der Waals surface area contributed by atoms with Crippen LogP contribution in [0, 0.1) is 5.92 Å². The molecule has 0 saturated carbocycles. The molecule has 4 rings (SSSR count). The molecule has 1 fully saturated rings. The maximum atomic E-state index is 12.9. The van der Waals surface area contributed by atoms with Crippen LogP contribution in [-0.2, 0) is 17.9 Å². The highest BCUT2D eigenvalue weighted by atomic mass is 16.5. The van der Waals surface area contributed by atoms with E-state index < -0.39 is 0 Å². The van der Waals surface area contributed by atoms with Gasteiger partial charge in [0.2, 0.25) is 5.91 Å². The number of nitrogens with zero attached hydrogens (tertiary/aromatic N) is 3. The van der Waals surface area contributed by atoms with Crippen molar-refractivity contribution in [2.45, 2.75) is 19.6 Å². The second kappa shape index (κ2) is 8.44. The molecule has 0 bridgehead atoms. The third-order valence-electron chi connectivity index (χ3n) is 5.27. The van der Waals surface area contributed by atoms with Crippen molar-refractivity contribution in [2.75, 3.05) is 26.7 Å². The summed E-state index contributed by atoms with van der Waals surface area (Å²) in [5.74, 6) is 2.24. The molecule has 146 valence electrons. The Hall–Kier alpha value is -2.86. The van der Waals surface area contributed by atoms with E-state index in [1.165, 1.54) is 0 Å². The third-order valence-corrected chi connectivity index (χ3v) is 5.27. The van der Waals surface area contributed by atoms with Crippen LogP contribution in [0.2, 0.25) is 0 Å². The minimum Gasteiger partial charge on any atom is -0.486 e. The van der Waals surface area contributed by atoms with Crippen molar-refractivity contribution in [3.8, 4) is 5.75 Å². The number of rotatable bonds is 7. The Labute approximate surface area is 165 Å². The monoisotopic (exact) mass is 378 g/mol. The minimum absolute atomic E-state index is 0.141. The second-order valence-corrected chi connectivity index (χ2v) is 7.26. The van der Waals surface area contributed by atoms with Crippen LogP contribution >= 0.6 is 0 Å². The van der Waals surface area contributed by atoms with Gasteiger partial charge in [-0.25, -0.2) is 4.98 Å². The Morgan fingerprint density at radius 3 is 2.79 bits per heavy atom. The highest BCUT2D eigenvalue weighted by molar-refractivity contribution is 5.81. The Morgan fingerprint density at radius 2 is 1.96 bits per heavy atom. The minimum atomic E-state index is 0.141. The van der Waals surface area contributed by atoms with Gasteiger partial charge in [-0.3, -0.25) is 4.79 Å². The first-order chi connectivity index (χ1) is 13.7. The van der Waals surface area contributed by atoms with Gasteiger partial charge < -0.3 is 19.5 Å². The topological polar surface area (TPSA) is 59.4 Å². The largest absolute Gasteiger partial charge is 0.486 e. The van der Waals surface area contributed by atoms with Crippen molar-refractivity contribution in [3.63, 3.8) is 0 Å². The summed E-state index contributed by atoms with van der Waals surface area (Å²) < 4.78 is 7.89. The lowest BCUT2D eigenvalue weighted by molar-refractivity contribution is -0.130. The molecule has 0 aliphatic carbocycles. The van der Waals surface area contributed by atoms with Crippen molar-refractivity contribution in [3.05, 3.63) is 60.4 Å². The molecular formula is C22H26N4O2. The number of carbonyl (C=O) groups is 1. The molecule has 6 nitrogen and oxygen atoms in total. The molecule has 1 aliphatic rings. The summed E-state index contributed by atoms with van der Waals surface area (Å²) in [6, 6.07) is 17.6. The molecule has 2 heterocycles. The van der Waals surface area contributed by atoms with Gasteiger partial charge >= 0.3 is 0 Å². The summed E-state index contributed by atoms with van der Waals surface area (Å²) in [4.78, 5) is 19.6. The van der Waals surface area contributed by atoms with Gasteiger partial charge in [-0.1, -0.05) is 30.3 Å². The van der Waals surface area contributed by atoms with E-state index in [0.717, 1.165) is 48.7 Å². The van der Waals surface area contributed by atoms with Gasteiger partial charge in [0.25, 0.3) is 0 Å². The summed E-state index contributed by atoms with van der Waals surface area (Å²) in [5.41, 5.74) is 1.85. The molecular weight excluding hydrogens is 352 g/mol. The number of aromatic nitrogens is 2. The van der Waals surface area contributed by atoms with E-state index in [9.17, 15) is 4.79 Å². The molecule has 1 aliphatic heterocycles. The molecule has 1 amide bonds. The molecule has 2 aromatic carbocycles. The van der Waals surface area contributed by atoms with Crippen molar-refractivity contribution < 1.29 is 9.53 Å². The van der Waals surface area contributed by atoms with Crippen LogP contribution in [0.25, 0.3) is 11.0 Å². The highest BCUT2D eigenvalue weighted by Gasteiger charge is 2.26. The van der Waals surface area contributed by atoms with Crippen LogP contribution in [0.3, 0.4) is 0 Å². The molecule has 28 heavy (non-hydrogen) atoms. The van der Waals surface area contributed by atoms with Crippen LogP contribution < -0.4 is 10.1 Å². The standard InChI is InChI=1S/C22H26N4O2/c1-23-13-17-11-12-25(14-17)22(27)15-26-20-10-6-5-9-19(20)24-21(26)16-28-18-7-3-2-4-8-18/h2-10,17,23H,11-16H2,1H3. The molecule has 1 saturated heterocycles. The predicted octanol–water partition coefficient (Wildman–Crippen LogP) is 2.68. The summed E-state index contributed by atoms with van der Waals surface area (Å²) in [6.45, 7) is 3.22. The fourth-order valence-electron chi connectivity index (χ4n) is 3.83. The Kier molecular flexibility index (Phi) is 5.58. The molecule has 1 unspecified atom stereocenters. The fraction of sp³-hybridized carbons (Fsp3) is 0.364. The number of nitrogens with one attached hydrogen (secondary N) is 1. The summed E-state index contributed by atoms with van der Waals surface area (Å²) in [5, 5.41) is 3.21. The van der Waals surface area contributed by atoms with E-state index in [4.69, 9.17) is 9.72 Å². The zero-order valence-corrected chi connectivity index (χ0v) is 16.2. The fourth-order valence-corrected chi connectivity index (χ4v) is 3.83. The average Bonchev–Trinajstić information content (AvgIpc) is 3.33. The van der Waals surface area contributed by atoms with Crippen LogP contribution in [-0.4, -0.2) is 47.0 Å². The maximum Gasteiger partial charge on any atom is 0.242 e. The summed E-state index contributed by atoms with van der Waals surface area (Å²) >= 11 is 0. The van der Waals surface area contributed by atoms with Crippen LogP contribution in [0.15, 0.2) is 54.6 Å². The van der Waals surface area contributed by atoms with Gasteiger partial charge in [0.05, 0.1) is 11.0 Å². The average molecular weight is 378 g/mol. The molecule has 0 radical (unpaired) electrons. The number of amides is 1. The molecule has 0 spiro atoms. The number of ether oxygens (including phenoxy) is 1. The normalized spacial score (nSPS) is 16.6. The smallest absolute Gasteiger partial charge is 0.242 e. The molecule has 1 atom stereocenters. The van der Waals surface area contributed by atoms with E-state index in [1.807, 2.05) is 71.1 Å². The Morgan fingerprint density at radius 1 is 1.18 bits per heavy atom. The van der Waals surface area contributed by atoms with E-state index in [2.05, 4.69) is 5.32 Å². The highest BCUT2D eigenvalue weighted by Crippen LogP contribution is 2.20. The lowest BCUT2D eigenvalue weighted by atomic mass is 10.1. The lowest BCUT2D eigenvalue weighted by Crippen LogP contribution is -2.33. The number of hydrogen-bond acceptors (Lipinski definition) is 4. The van der Waals surface area contributed by atoms with Crippen LogP contribution in [0.5, 0.6) is 5.75 Å². The Bertz CT molecular complexity index is 938. The Balaban J connectivity index is 1.52. The first kappa shape index (κ1) is 18.5. The van der Waals surface area contributed by atoms with Crippen LogP contribution in [0.1, 0.15) is 12.2 Å². The lowest BCUT2D eigenvalue weighted by Gasteiger charge is -2.18. The first-order valence-corrected chi connectivity index (χ1v) is 9.79. The number of likely N-dealkylation sites (tertiary alicyclic amines) is 1. The maximum absolute atomic E-state index is 12.9. The van der Waals surface area contributed by atoms with Crippen molar-refractivity contribution in [2.24, 2.45) is 5.92 Å². The van der Waals surface area contributed by atoms with E-state index >= 15 is 0 Å². The van der Waals surface area contributed by atoms with Crippen molar-refractivity contribution >= 4 is 16.9 Å². The number of benzene rings is 2. The third kappa shape index (κ3) is 4.02. The number of hydrogen-bond donors (Lipinski definition) is 1. The number of para-hydroxylation sites is 3. The first-order valence-electron chi connectivity index (χ1n) is 9.79. The van der Waals surface area contributed by atoms with Gasteiger partial charge in [-0.15, -0.1) is 0 Å². The zero-order valence-electron chi connectivity index (χ0n) is 16.2. The van der Waals surface area contributed by atoms with Gasteiger partial charge in [-0.05, 0) is 50.2 Å². The van der Waals surface area contributed by atoms with Gasteiger partial charge in [0.15, 0.2) is 0 Å². The van der Waals surface area contributed by atoms with Crippen molar-refractivity contribution in [1.82, 2.24) is 19.8 Å². The SMILES string of the molecule is CNCC1CCN(C(=O)Cn2c(COc3ccccc3)nc3ccccc32)C1. The summed E-state index contributed by atoms with van der Waals surface area (Å²) in [7, 11) is 1.96. The summed E-state index contributed by atoms with van der Waals surface area (Å²) in [6.07, 6.45) is 1.06. The zero-order chi connectivity index (χ0) is 19.3. The van der Waals surface area contributed by atoms with E-state index in [-0.39, 0.29) is 5.91 Å². The van der Waals surface area contributed by atoms with E-state index in [1.54, 1.807) is 0 Å².